The number of aromatic nitrogens is 4. The minimum absolute atomic E-state index is 0.336. The topological polar surface area (TPSA) is 90.7 Å². The van der Waals surface area contributed by atoms with E-state index in [0.29, 0.717) is 12.6 Å². The Hall–Kier alpha value is -3.42. The van der Waals surface area contributed by atoms with Crippen molar-refractivity contribution in [3.63, 3.8) is 0 Å². The first kappa shape index (κ1) is 22.1. The van der Waals surface area contributed by atoms with Crippen molar-refractivity contribution in [1.82, 2.24) is 30.6 Å². The van der Waals surface area contributed by atoms with Crippen LogP contribution < -0.4 is 15.4 Å². The summed E-state index contributed by atoms with van der Waals surface area (Å²) in [6.07, 6.45) is 6.21. The Labute approximate surface area is 205 Å². The highest BCUT2D eigenvalue weighted by molar-refractivity contribution is 5.77. The van der Waals surface area contributed by atoms with Gasteiger partial charge in [0.15, 0.2) is 0 Å². The van der Waals surface area contributed by atoms with Gasteiger partial charge in [-0.05, 0) is 61.2 Å². The second kappa shape index (κ2) is 9.68. The average Bonchev–Trinajstić information content (AvgIpc) is 3.64. The molecule has 2 aliphatic rings. The number of ether oxygens (including phenoxy) is 1. The van der Waals surface area contributed by atoms with E-state index in [0.717, 1.165) is 89.9 Å². The summed E-state index contributed by atoms with van der Waals surface area (Å²) in [4.78, 5) is 16.5. The molecule has 35 heavy (non-hydrogen) atoms. The number of hydrogen-bond donors (Lipinski definition) is 4. The Balaban J connectivity index is 1.23. The molecule has 0 aliphatic carbocycles. The van der Waals surface area contributed by atoms with Crippen LogP contribution in [-0.2, 0) is 13.0 Å². The van der Waals surface area contributed by atoms with E-state index in [1.54, 1.807) is 0 Å². The molecule has 2 aromatic carbocycles. The molecule has 0 bridgehead atoms. The number of H-pyrrole nitrogens is 2. The van der Waals surface area contributed by atoms with Crippen LogP contribution in [-0.4, -0.2) is 39.6 Å². The highest BCUT2D eigenvalue weighted by Crippen LogP contribution is 2.38. The SMILES string of the molecule is CCCNCc1ncc(-c2ccc(-c3ccc4c(c3)OCCc3[nH]c([C@@H]5CCCN5)nc3-4)cc2)[nH]1. The van der Waals surface area contributed by atoms with Gasteiger partial charge < -0.3 is 25.3 Å². The molecule has 2 aromatic heterocycles. The van der Waals surface area contributed by atoms with Crippen LogP contribution in [0.2, 0.25) is 0 Å². The molecule has 0 radical (unpaired) electrons. The fraction of sp³-hybridized carbons (Fsp3) is 0.357. The van der Waals surface area contributed by atoms with E-state index in [4.69, 9.17) is 9.72 Å². The summed E-state index contributed by atoms with van der Waals surface area (Å²) in [5.41, 5.74) is 7.74. The molecule has 1 fully saturated rings. The molecule has 7 heteroatoms. The van der Waals surface area contributed by atoms with Gasteiger partial charge in [-0.2, -0.15) is 0 Å². The standard InChI is InChI=1S/C28H32N6O/c1-2-12-29-17-26-31-16-24(32-26)19-7-5-18(6-8-19)20-9-10-21-25(15-20)35-14-11-22-27(21)34-28(33-22)23-4-3-13-30-23/h5-10,15-16,23,29-30H,2-4,11-14,17H2,1H3,(H,31,32)(H,33,34)/t23-/m0/s1. The minimum Gasteiger partial charge on any atom is -0.492 e. The van der Waals surface area contributed by atoms with Crippen LogP contribution in [0.1, 0.15) is 49.6 Å². The molecule has 0 unspecified atom stereocenters. The van der Waals surface area contributed by atoms with E-state index in [2.05, 4.69) is 75.0 Å². The summed E-state index contributed by atoms with van der Waals surface area (Å²) in [5, 5.41) is 6.93. The van der Waals surface area contributed by atoms with Crippen molar-refractivity contribution in [1.29, 1.82) is 0 Å². The van der Waals surface area contributed by atoms with Crippen LogP contribution in [0.5, 0.6) is 5.75 Å². The zero-order chi connectivity index (χ0) is 23.6. The van der Waals surface area contributed by atoms with Crippen LogP contribution in [0.15, 0.2) is 48.7 Å². The molecule has 0 amide bonds. The van der Waals surface area contributed by atoms with Gasteiger partial charge in [-0.15, -0.1) is 0 Å². The maximum Gasteiger partial charge on any atom is 0.129 e. The van der Waals surface area contributed by atoms with Gasteiger partial charge in [0.25, 0.3) is 0 Å². The Kier molecular flexibility index (Phi) is 6.10. The molecule has 1 saturated heterocycles. The third-order valence-corrected chi connectivity index (χ3v) is 6.91. The van der Waals surface area contributed by atoms with E-state index < -0.39 is 0 Å². The summed E-state index contributed by atoms with van der Waals surface area (Å²) in [5.74, 6) is 2.92. The van der Waals surface area contributed by atoms with Crippen molar-refractivity contribution in [3.8, 4) is 39.4 Å². The second-order valence-corrected chi connectivity index (χ2v) is 9.41. The van der Waals surface area contributed by atoms with Crippen molar-refractivity contribution < 1.29 is 4.74 Å². The lowest BCUT2D eigenvalue weighted by Gasteiger charge is -2.11. The lowest BCUT2D eigenvalue weighted by atomic mass is 10.00. The Morgan fingerprint density at radius 3 is 2.74 bits per heavy atom. The third kappa shape index (κ3) is 4.49. The number of nitrogens with one attached hydrogen (secondary N) is 4. The number of imidazole rings is 2. The number of fused-ring (bicyclic) bond motifs is 3. The fourth-order valence-corrected chi connectivity index (χ4v) is 5.02. The van der Waals surface area contributed by atoms with Crippen LogP contribution >= 0.6 is 0 Å². The lowest BCUT2D eigenvalue weighted by Crippen LogP contribution is -2.14. The van der Waals surface area contributed by atoms with Gasteiger partial charge in [0.1, 0.15) is 17.4 Å². The first-order valence-corrected chi connectivity index (χ1v) is 12.7. The molecular weight excluding hydrogens is 436 g/mol. The Morgan fingerprint density at radius 1 is 1.06 bits per heavy atom. The molecule has 180 valence electrons. The number of aromatic amines is 2. The highest BCUT2D eigenvalue weighted by Gasteiger charge is 2.25. The molecule has 0 spiro atoms. The highest BCUT2D eigenvalue weighted by atomic mass is 16.5. The number of benzene rings is 2. The Morgan fingerprint density at radius 2 is 1.91 bits per heavy atom. The molecule has 4 heterocycles. The summed E-state index contributed by atoms with van der Waals surface area (Å²) >= 11 is 0. The summed E-state index contributed by atoms with van der Waals surface area (Å²) in [7, 11) is 0. The number of rotatable bonds is 7. The molecule has 7 nitrogen and oxygen atoms in total. The zero-order valence-corrected chi connectivity index (χ0v) is 20.2. The van der Waals surface area contributed by atoms with E-state index in [1.165, 1.54) is 12.1 Å². The van der Waals surface area contributed by atoms with Gasteiger partial charge in [-0.1, -0.05) is 37.3 Å². The zero-order valence-electron chi connectivity index (χ0n) is 20.2. The summed E-state index contributed by atoms with van der Waals surface area (Å²) in [6, 6.07) is 15.4. The fourth-order valence-electron chi connectivity index (χ4n) is 5.02. The first-order chi connectivity index (χ1) is 17.3. The average molecular weight is 469 g/mol. The molecular formula is C28H32N6O. The van der Waals surface area contributed by atoms with Crippen molar-refractivity contribution in [2.45, 2.75) is 45.2 Å². The molecule has 0 saturated carbocycles. The van der Waals surface area contributed by atoms with E-state index in [-0.39, 0.29) is 0 Å². The lowest BCUT2D eigenvalue weighted by molar-refractivity contribution is 0.325. The largest absolute Gasteiger partial charge is 0.492 e. The first-order valence-electron chi connectivity index (χ1n) is 12.7. The van der Waals surface area contributed by atoms with Crippen LogP contribution in [0.25, 0.3) is 33.6 Å². The van der Waals surface area contributed by atoms with Gasteiger partial charge in [0.05, 0.1) is 36.8 Å². The van der Waals surface area contributed by atoms with Gasteiger partial charge >= 0.3 is 0 Å². The van der Waals surface area contributed by atoms with Gasteiger partial charge in [-0.3, -0.25) is 0 Å². The maximum atomic E-state index is 6.16. The van der Waals surface area contributed by atoms with Crippen molar-refractivity contribution in [3.05, 3.63) is 66.0 Å². The Bertz CT molecular complexity index is 1300. The quantitative estimate of drug-likeness (QED) is 0.287. The minimum atomic E-state index is 0.336. The monoisotopic (exact) mass is 468 g/mol. The third-order valence-electron chi connectivity index (χ3n) is 6.91. The summed E-state index contributed by atoms with van der Waals surface area (Å²) < 4.78 is 6.16. The van der Waals surface area contributed by atoms with Crippen molar-refractivity contribution >= 4 is 0 Å². The maximum absolute atomic E-state index is 6.16. The van der Waals surface area contributed by atoms with Crippen LogP contribution in [0, 0.1) is 0 Å². The number of hydrogen-bond acceptors (Lipinski definition) is 5. The van der Waals surface area contributed by atoms with Crippen molar-refractivity contribution in [2.24, 2.45) is 0 Å². The predicted octanol–water partition coefficient (Wildman–Crippen LogP) is 4.99. The molecule has 4 aromatic rings. The van der Waals surface area contributed by atoms with E-state index in [9.17, 15) is 0 Å². The molecule has 2 aliphatic heterocycles. The van der Waals surface area contributed by atoms with Crippen LogP contribution in [0.3, 0.4) is 0 Å². The van der Waals surface area contributed by atoms with Gasteiger partial charge in [0, 0.05) is 17.7 Å². The molecule has 4 N–H and O–H groups in total. The molecule has 6 rings (SSSR count). The summed E-state index contributed by atoms with van der Waals surface area (Å²) in [6.45, 7) is 5.64. The van der Waals surface area contributed by atoms with E-state index >= 15 is 0 Å². The normalized spacial score (nSPS) is 17.0. The van der Waals surface area contributed by atoms with Gasteiger partial charge in [-0.25, -0.2) is 9.97 Å². The predicted molar refractivity (Wildman–Crippen MR) is 138 cm³/mol. The smallest absolute Gasteiger partial charge is 0.129 e. The van der Waals surface area contributed by atoms with Crippen LogP contribution in [0.4, 0.5) is 0 Å². The van der Waals surface area contributed by atoms with Crippen molar-refractivity contribution in [2.75, 3.05) is 19.7 Å². The second-order valence-electron chi connectivity index (χ2n) is 9.41. The van der Waals surface area contributed by atoms with E-state index in [1.807, 2.05) is 6.20 Å². The molecule has 1 atom stereocenters. The van der Waals surface area contributed by atoms with Gasteiger partial charge in [0.2, 0.25) is 0 Å². The number of nitrogens with zero attached hydrogens (tertiary/aromatic N) is 2.